The summed E-state index contributed by atoms with van der Waals surface area (Å²) in [6, 6.07) is 20.6. The number of hydrogen-bond donors (Lipinski definition) is 3. The first-order valence-electron chi connectivity index (χ1n) is 10.2. The second-order valence-electron chi connectivity index (χ2n) is 7.48. The van der Waals surface area contributed by atoms with Gasteiger partial charge in [-0.1, -0.05) is 49.4 Å². The fourth-order valence-electron chi connectivity index (χ4n) is 3.85. The van der Waals surface area contributed by atoms with Gasteiger partial charge in [-0.2, -0.15) is 0 Å². The van der Waals surface area contributed by atoms with Crippen LogP contribution in [0.4, 0.5) is 10.5 Å². The van der Waals surface area contributed by atoms with E-state index in [9.17, 15) is 9.59 Å². The first-order chi connectivity index (χ1) is 15.0. The number of hydrogen-bond acceptors (Lipinski definition) is 4. The lowest BCUT2D eigenvalue weighted by molar-refractivity contribution is -0.128. The van der Waals surface area contributed by atoms with Gasteiger partial charge in [-0.3, -0.25) is 15.1 Å². The fourth-order valence-corrected chi connectivity index (χ4v) is 3.85. The van der Waals surface area contributed by atoms with E-state index in [1.165, 1.54) is 4.90 Å². The summed E-state index contributed by atoms with van der Waals surface area (Å²) in [5, 5.41) is 12.7. The quantitative estimate of drug-likeness (QED) is 0.420. The van der Waals surface area contributed by atoms with E-state index in [2.05, 4.69) is 5.32 Å². The number of nitrogens with one attached hydrogen (secondary N) is 2. The average molecular weight is 416 g/mol. The van der Waals surface area contributed by atoms with E-state index in [0.717, 1.165) is 16.3 Å². The lowest BCUT2D eigenvalue weighted by Crippen LogP contribution is -2.39. The second-order valence-corrected chi connectivity index (χ2v) is 7.48. The number of rotatable bonds is 6. The van der Waals surface area contributed by atoms with Crippen LogP contribution >= 0.6 is 0 Å². The van der Waals surface area contributed by atoms with Crippen LogP contribution in [0.25, 0.3) is 10.8 Å². The van der Waals surface area contributed by atoms with Crippen molar-refractivity contribution in [1.82, 2.24) is 5.32 Å². The predicted octanol–water partition coefficient (Wildman–Crippen LogP) is 3.72. The molecule has 0 bridgehead atoms. The Bertz CT molecular complexity index is 1140. The number of carbonyl (C=O) groups is 2. The molecule has 2 amide bonds. The second kappa shape index (κ2) is 8.47. The van der Waals surface area contributed by atoms with Gasteiger partial charge in [0.1, 0.15) is 5.84 Å². The molecule has 7 heteroatoms. The summed E-state index contributed by atoms with van der Waals surface area (Å²) < 4.78 is 5.34. The van der Waals surface area contributed by atoms with Gasteiger partial charge in [0.25, 0.3) is 5.91 Å². The van der Waals surface area contributed by atoms with Gasteiger partial charge in [-0.25, -0.2) is 4.79 Å². The highest BCUT2D eigenvalue weighted by Crippen LogP contribution is 2.27. The van der Waals surface area contributed by atoms with Crippen LogP contribution in [0.3, 0.4) is 0 Å². The molecule has 0 radical (unpaired) electrons. The molecular formula is C24H24N4O3. The summed E-state index contributed by atoms with van der Waals surface area (Å²) in [5.41, 5.74) is 7.66. The van der Waals surface area contributed by atoms with Crippen LogP contribution in [0.5, 0.6) is 0 Å². The number of fused-ring (bicyclic) bond motifs is 1. The lowest BCUT2D eigenvalue weighted by atomic mass is 9.97. The van der Waals surface area contributed by atoms with E-state index in [-0.39, 0.29) is 24.3 Å². The third-order valence-corrected chi connectivity index (χ3v) is 5.52. The Hall–Kier alpha value is -3.87. The van der Waals surface area contributed by atoms with E-state index in [0.29, 0.717) is 17.7 Å². The summed E-state index contributed by atoms with van der Waals surface area (Å²) in [4.78, 5) is 26.7. The van der Waals surface area contributed by atoms with Crippen LogP contribution in [-0.2, 0) is 9.53 Å². The molecule has 1 aliphatic heterocycles. The number of carbonyl (C=O) groups excluding carboxylic acids is 2. The van der Waals surface area contributed by atoms with Gasteiger partial charge in [0.05, 0.1) is 12.6 Å². The van der Waals surface area contributed by atoms with E-state index in [4.69, 9.17) is 15.9 Å². The average Bonchev–Trinajstić information content (AvgIpc) is 3.19. The van der Waals surface area contributed by atoms with Gasteiger partial charge >= 0.3 is 6.09 Å². The minimum absolute atomic E-state index is 0.0492. The number of amides is 2. The predicted molar refractivity (Wildman–Crippen MR) is 120 cm³/mol. The van der Waals surface area contributed by atoms with Crippen molar-refractivity contribution in [2.45, 2.75) is 25.5 Å². The lowest BCUT2D eigenvalue weighted by Gasteiger charge is -2.21. The largest absolute Gasteiger partial charge is 0.434 e. The Kier molecular flexibility index (Phi) is 5.58. The monoisotopic (exact) mass is 416 g/mol. The maximum Gasteiger partial charge on any atom is 0.415 e. The van der Waals surface area contributed by atoms with Crippen LogP contribution < -0.4 is 16.0 Å². The van der Waals surface area contributed by atoms with Gasteiger partial charge in [-0.05, 0) is 47.0 Å². The maximum absolute atomic E-state index is 12.9. The van der Waals surface area contributed by atoms with Crippen LogP contribution in [0.15, 0.2) is 66.7 Å². The number of anilines is 1. The third-order valence-electron chi connectivity index (χ3n) is 5.52. The molecule has 4 rings (SSSR count). The van der Waals surface area contributed by atoms with E-state index >= 15 is 0 Å². The van der Waals surface area contributed by atoms with Gasteiger partial charge in [0.15, 0.2) is 6.10 Å². The minimum atomic E-state index is -0.899. The van der Waals surface area contributed by atoms with E-state index in [1.54, 1.807) is 24.3 Å². The molecule has 0 unspecified atom stereocenters. The summed E-state index contributed by atoms with van der Waals surface area (Å²) in [6.07, 6.45) is -0.769. The van der Waals surface area contributed by atoms with Crippen LogP contribution in [0.2, 0.25) is 0 Å². The van der Waals surface area contributed by atoms with Crippen molar-refractivity contribution in [3.8, 4) is 0 Å². The number of cyclic esters (lactones) is 1. The number of amidine groups is 1. The molecule has 31 heavy (non-hydrogen) atoms. The van der Waals surface area contributed by atoms with Gasteiger partial charge in [-0.15, -0.1) is 0 Å². The standard InChI is InChI=1S/C24H24N4O3/c1-2-20(19-9-5-7-15-6-3-4-8-18(15)19)27-23(29)21-14-28(24(30)31-21)17-12-10-16(11-13-17)22(25)26/h3-13,20-21H,2,14H2,1H3,(H3,25,26)(H,27,29)/t20-,21+/m0/s1. The molecule has 4 N–H and O–H groups in total. The maximum atomic E-state index is 12.9. The smallest absolute Gasteiger partial charge is 0.415 e. The number of nitrogen functional groups attached to an aromatic ring is 1. The van der Waals surface area contributed by atoms with Crippen LogP contribution in [0, 0.1) is 5.41 Å². The molecule has 1 fully saturated rings. The molecular weight excluding hydrogens is 392 g/mol. The number of nitrogens with two attached hydrogens (primary N) is 1. The number of nitrogens with zero attached hydrogens (tertiary/aromatic N) is 1. The Morgan fingerprint density at radius 2 is 1.87 bits per heavy atom. The summed E-state index contributed by atoms with van der Waals surface area (Å²) in [7, 11) is 0. The normalized spacial score (nSPS) is 16.7. The Labute approximate surface area is 180 Å². The van der Waals surface area contributed by atoms with Crippen molar-refractivity contribution in [3.05, 3.63) is 77.9 Å². The van der Waals surface area contributed by atoms with Gasteiger partial charge < -0.3 is 15.8 Å². The Morgan fingerprint density at radius 1 is 1.16 bits per heavy atom. The van der Waals surface area contributed by atoms with Crippen molar-refractivity contribution in [1.29, 1.82) is 5.41 Å². The SMILES string of the molecule is CC[C@H](NC(=O)[C@H]1CN(c2ccc(C(=N)N)cc2)C(=O)O1)c1cccc2ccccc12. The molecule has 0 aliphatic carbocycles. The molecule has 0 spiro atoms. The number of ether oxygens (including phenoxy) is 1. The summed E-state index contributed by atoms with van der Waals surface area (Å²) >= 11 is 0. The zero-order valence-electron chi connectivity index (χ0n) is 17.2. The summed E-state index contributed by atoms with van der Waals surface area (Å²) in [5.74, 6) is -0.372. The molecule has 1 aliphatic rings. The Morgan fingerprint density at radius 3 is 2.58 bits per heavy atom. The van der Waals surface area contributed by atoms with Crippen LogP contribution in [0.1, 0.15) is 30.5 Å². The van der Waals surface area contributed by atoms with Gasteiger partial charge in [0, 0.05) is 11.3 Å². The fraction of sp³-hybridized carbons (Fsp3) is 0.208. The first kappa shape index (κ1) is 20.4. The zero-order chi connectivity index (χ0) is 22.0. The topological polar surface area (TPSA) is 109 Å². The highest BCUT2D eigenvalue weighted by atomic mass is 16.6. The van der Waals surface area contributed by atoms with Crippen molar-refractivity contribution in [3.63, 3.8) is 0 Å². The number of benzene rings is 3. The molecule has 1 heterocycles. The molecule has 158 valence electrons. The molecule has 1 saturated heterocycles. The highest BCUT2D eigenvalue weighted by molar-refractivity contribution is 5.98. The van der Waals surface area contributed by atoms with Crippen molar-refractivity contribution >= 4 is 34.3 Å². The third kappa shape index (κ3) is 4.07. The first-order valence-corrected chi connectivity index (χ1v) is 10.2. The van der Waals surface area contributed by atoms with Crippen molar-refractivity contribution < 1.29 is 14.3 Å². The molecule has 3 aromatic rings. The highest BCUT2D eigenvalue weighted by Gasteiger charge is 2.37. The van der Waals surface area contributed by atoms with E-state index < -0.39 is 12.2 Å². The molecule has 7 nitrogen and oxygen atoms in total. The van der Waals surface area contributed by atoms with Crippen LogP contribution in [-0.4, -0.2) is 30.5 Å². The van der Waals surface area contributed by atoms with Gasteiger partial charge in [0.2, 0.25) is 0 Å². The molecule has 2 atom stereocenters. The zero-order valence-corrected chi connectivity index (χ0v) is 17.2. The molecule has 0 aromatic heterocycles. The molecule has 3 aromatic carbocycles. The summed E-state index contributed by atoms with van der Waals surface area (Å²) in [6.45, 7) is 2.13. The van der Waals surface area contributed by atoms with Crippen molar-refractivity contribution in [2.75, 3.05) is 11.4 Å². The molecule has 0 saturated carbocycles. The minimum Gasteiger partial charge on any atom is -0.434 e. The van der Waals surface area contributed by atoms with E-state index in [1.807, 2.05) is 49.4 Å². The van der Waals surface area contributed by atoms with Crippen molar-refractivity contribution in [2.24, 2.45) is 5.73 Å². The Balaban J connectivity index is 1.49.